The average Bonchev–Trinajstić information content (AvgIpc) is 2.46. The van der Waals surface area contributed by atoms with E-state index in [1.165, 1.54) is 7.11 Å². The number of hydrogen-bond acceptors (Lipinski definition) is 3. The second-order valence-corrected chi connectivity index (χ2v) is 4.28. The maximum atomic E-state index is 11.0. The van der Waals surface area contributed by atoms with Crippen LogP contribution in [0.4, 0.5) is 0 Å². The Labute approximate surface area is 116 Å². The molecule has 2 rings (SSSR count). The average molecular weight is 277 g/mol. The van der Waals surface area contributed by atoms with Crippen molar-refractivity contribution in [3.05, 3.63) is 58.6 Å². The second-order valence-electron chi connectivity index (χ2n) is 3.88. The zero-order chi connectivity index (χ0) is 13.7. The van der Waals surface area contributed by atoms with Crippen LogP contribution in [0.5, 0.6) is 11.5 Å². The van der Waals surface area contributed by atoms with Gasteiger partial charge in [-0.1, -0.05) is 35.9 Å². The summed E-state index contributed by atoms with van der Waals surface area (Å²) >= 11 is 6.06. The van der Waals surface area contributed by atoms with Gasteiger partial charge < -0.3 is 9.47 Å². The van der Waals surface area contributed by atoms with Crippen LogP contribution in [0, 0.1) is 0 Å². The van der Waals surface area contributed by atoms with Gasteiger partial charge in [-0.05, 0) is 18.2 Å². The van der Waals surface area contributed by atoms with Crippen molar-refractivity contribution >= 4 is 17.9 Å². The fraction of sp³-hybridized carbons (Fsp3) is 0.133. The summed E-state index contributed by atoms with van der Waals surface area (Å²) in [5.41, 5.74) is 1.30. The molecule has 0 amide bonds. The molecule has 0 aliphatic carbocycles. The van der Waals surface area contributed by atoms with Crippen LogP contribution in [0.3, 0.4) is 0 Å². The first kappa shape index (κ1) is 13.4. The number of ether oxygens (including phenoxy) is 2. The standard InChI is InChI=1S/C15H13ClO3/c1-18-14-8-4-6-11(9-17)15(14)19-10-12-5-2-3-7-13(12)16/h2-9H,10H2,1H3. The molecule has 3 nitrogen and oxygen atoms in total. The van der Waals surface area contributed by atoms with E-state index >= 15 is 0 Å². The van der Waals surface area contributed by atoms with Crippen LogP contribution in [0.25, 0.3) is 0 Å². The first-order chi connectivity index (χ1) is 9.26. The molecule has 0 atom stereocenters. The summed E-state index contributed by atoms with van der Waals surface area (Å²) in [5, 5.41) is 0.630. The molecule has 98 valence electrons. The lowest BCUT2D eigenvalue weighted by Crippen LogP contribution is -2.01. The molecule has 0 N–H and O–H groups in total. The van der Waals surface area contributed by atoms with Gasteiger partial charge in [0.25, 0.3) is 0 Å². The third kappa shape index (κ3) is 3.06. The Bertz CT molecular complexity index is 581. The number of carbonyl (C=O) groups is 1. The van der Waals surface area contributed by atoms with Crippen molar-refractivity contribution in [3.8, 4) is 11.5 Å². The Morgan fingerprint density at radius 3 is 2.63 bits per heavy atom. The van der Waals surface area contributed by atoms with E-state index in [1.54, 1.807) is 24.3 Å². The summed E-state index contributed by atoms with van der Waals surface area (Å²) in [6.45, 7) is 0.279. The van der Waals surface area contributed by atoms with Gasteiger partial charge in [-0.3, -0.25) is 4.79 Å². The highest BCUT2D eigenvalue weighted by atomic mass is 35.5. The zero-order valence-corrected chi connectivity index (χ0v) is 11.2. The molecule has 0 aliphatic rings. The number of benzene rings is 2. The first-order valence-electron chi connectivity index (χ1n) is 5.74. The number of aldehydes is 1. The highest BCUT2D eigenvalue weighted by Gasteiger charge is 2.10. The Balaban J connectivity index is 2.24. The molecule has 0 aliphatic heterocycles. The van der Waals surface area contributed by atoms with Gasteiger partial charge in [0.1, 0.15) is 6.61 Å². The highest BCUT2D eigenvalue weighted by Crippen LogP contribution is 2.31. The minimum Gasteiger partial charge on any atom is -0.493 e. The third-order valence-corrected chi connectivity index (χ3v) is 3.05. The molecule has 0 fully saturated rings. The molecule has 0 saturated carbocycles. The van der Waals surface area contributed by atoms with E-state index in [0.717, 1.165) is 11.8 Å². The van der Waals surface area contributed by atoms with Gasteiger partial charge in [0.05, 0.1) is 12.7 Å². The topological polar surface area (TPSA) is 35.5 Å². The van der Waals surface area contributed by atoms with E-state index in [0.29, 0.717) is 22.1 Å². The van der Waals surface area contributed by atoms with E-state index in [9.17, 15) is 4.79 Å². The third-order valence-electron chi connectivity index (χ3n) is 2.69. The lowest BCUT2D eigenvalue weighted by Gasteiger charge is -2.13. The summed E-state index contributed by atoms with van der Waals surface area (Å²) in [6.07, 6.45) is 0.741. The van der Waals surface area contributed by atoms with E-state index in [4.69, 9.17) is 21.1 Å². The number of halogens is 1. The quantitative estimate of drug-likeness (QED) is 0.781. The first-order valence-corrected chi connectivity index (χ1v) is 6.12. The zero-order valence-electron chi connectivity index (χ0n) is 10.4. The maximum Gasteiger partial charge on any atom is 0.172 e. The molecular formula is C15H13ClO3. The Hall–Kier alpha value is -2.00. The van der Waals surface area contributed by atoms with E-state index in [1.807, 2.05) is 18.2 Å². The molecule has 19 heavy (non-hydrogen) atoms. The van der Waals surface area contributed by atoms with Gasteiger partial charge in [-0.25, -0.2) is 0 Å². The lowest BCUT2D eigenvalue weighted by molar-refractivity contribution is 0.111. The van der Waals surface area contributed by atoms with Gasteiger partial charge >= 0.3 is 0 Å². The molecule has 0 bridgehead atoms. The predicted molar refractivity (Wildman–Crippen MR) is 74.2 cm³/mol. The minimum atomic E-state index is 0.279. The van der Waals surface area contributed by atoms with Crippen LogP contribution in [0.1, 0.15) is 15.9 Å². The van der Waals surface area contributed by atoms with Crippen molar-refractivity contribution in [2.45, 2.75) is 6.61 Å². The molecule has 0 spiro atoms. The van der Waals surface area contributed by atoms with Crippen LogP contribution in [0.2, 0.25) is 5.02 Å². The van der Waals surface area contributed by atoms with E-state index in [2.05, 4.69) is 0 Å². The van der Waals surface area contributed by atoms with Crippen LogP contribution in [-0.2, 0) is 6.61 Å². The molecule has 0 aromatic heterocycles. The van der Waals surface area contributed by atoms with Gasteiger partial charge in [0.2, 0.25) is 0 Å². The molecular weight excluding hydrogens is 264 g/mol. The normalized spacial score (nSPS) is 10.0. The fourth-order valence-corrected chi connectivity index (χ4v) is 1.90. The van der Waals surface area contributed by atoms with Crippen molar-refractivity contribution in [2.75, 3.05) is 7.11 Å². The van der Waals surface area contributed by atoms with Crippen LogP contribution < -0.4 is 9.47 Å². The van der Waals surface area contributed by atoms with Gasteiger partial charge in [0.15, 0.2) is 17.8 Å². The Morgan fingerprint density at radius 1 is 1.16 bits per heavy atom. The van der Waals surface area contributed by atoms with Gasteiger partial charge in [-0.15, -0.1) is 0 Å². The number of para-hydroxylation sites is 1. The molecule has 0 heterocycles. The van der Waals surface area contributed by atoms with Crippen molar-refractivity contribution in [2.24, 2.45) is 0 Å². The second kappa shape index (κ2) is 6.25. The smallest absolute Gasteiger partial charge is 0.172 e. The van der Waals surface area contributed by atoms with E-state index in [-0.39, 0.29) is 6.61 Å². The summed E-state index contributed by atoms with van der Waals surface area (Å²) in [5.74, 6) is 0.955. The molecule has 2 aromatic rings. The molecule has 4 heteroatoms. The summed E-state index contributed by atoms with van der Waals surface area (Å²) < 4.78 is 10.9. The number of hydrogen-bond donors (Lipinski definition) is 0. The van der Waals surface area contributed by atoms with Crippen LogP contribution >= 0.6 is 11.6 Å². The lowest BCUT2D eigenvalue weighted by atomic mass is 10.2. The van der Waals surface area contributed by atoms with Gasteiger partial charge in [-0.2, -0.15) is 0 Å². The molecule has 2 aromatic carbocycles. The van der Waals surface area contributed by atoms with Gasteiger partial charge in [0, 0.05) is 10.6 Å². The molecule has 0 unspecified atom stereocenters. The Kier molecular flexibility index (Phi) is 4.42. The number of carbonyl (C=O) groups excluding carboxylic acids is 1. The molecule has 0 saturated heterocycles. The molecule has 0 radical (unpaired) electrons. The minimum absolute atomic E-state index is 0.279. The highest BCUT2D eigenvalue weighted by molar-refractivity contribution is 6.31. The predicted octanol–water partition coefficient (Wildman–Crippen LogP) is 3.74. The summed E-state index contributed by atoms with van der Waals surface area (Å²) in [7, 11) is 1.53. The van der Waals surface area contributed by atoms with Crippen molar-refractivity contribution in [1.82, 2.24) is 0 Å². The van der Waals surface area contributed by atoms with Crippen molar-refractivity contribution < 1.29 is 14.3 Å². The Morgan fingerprint density at radius 2 is 1.95 bits per heavy atom. The fourth-order valence-electron chi connectivity index (χ4n) is 1.71. The SMILES string of the molecule is COc1cccc(C=O)c1OCc1ccccc1Cl. The number of rotatable bonds is 5. The summed E-state index contributed by atoms with van der Waals surface area (Å²) in [4.78, 5) is 11.0. The monoisotopic (exact) mass is 276 g/mol. The van der Waals surface area contributed by atoms with Crippen LogP contribution in [-0.4, -0.2) is 13.4 Å². The summed E-state index contributed by atoms with van der Waals surface area (Å²) in [6, 6.07) is 12.6. The van der Waals surface area contributed by atoms with Crippen molar-refractivity contribution in [1.29, 1.82) is 0 Å². The van der Waals surface area contributed by atoms with E-state index < -0.39 is 0 Å². The van der Waals surface area contributed by atoms with Crippen molar-refractivity contribution in [3.63, 3.8) is 0 Å². The largest absolute Gasteiger partial charge is 0.493 e. The van der Waals surface area contributed by atoms with Crippen LogP contribution in [0.15, 0.2) is 42.5 Å². The number of methoxy groups -OCH3 is 1. The maximum absolute atomic E-state index is 11.0.